The highest BCUT2D eigenvalue weighted by atomic mass is 14.8. The molecule has 1 aliphatic rings. The monoisotopic (exact) mass is 120 g/mol. The van der Waals surface area contributed by atoms with E-state index in [4.69, 9.17) is 0 Å². The summed E-state index contributed by atoms with van der Waals surface area (Å²) in [6.45, 7) is 2.07. The molecule has 0 bridgehead atoms. The number of hydrogen-bond donors (Lipinski definition) is 1. The Labute approximate surface area is 54.7 Å². The maximum absolute atomic E-state index is 3.81. The predicted molar refractivity (Wildman–Crippen MR) is 37.8 cm³/mol. The number of nitrogens with zero attached hydrogens (tertiary/aromatic N) is 1. The standard InChI is InChI=1S/C7H8N2/c1-2-7-5-8-3-4-9-6-7/h5-6,8H,2H2,1H3. The lowest BCUT2D eigenvalue weighted by Crippen LogP contribution is -1.94. The van der Waals surface area contributed by atoms with E-state index in [1.807, 2.05) is 6.20 Å². The van der Waals surface area contributed by atoms with E-state index in [2.05, 4.69) is 29.3 Å². The largest absolute Gasteiger partial charge is 0.320 e. The zero-order chi connectivity index (χ0) is 6.53. The molecular weight excluding hydrogens is 112 g/mol. The van der Waals surface area contributed by atoms with E-state index >= 15 is 0 Å². The molecular formula is C7H8N2. The van der Waals surface area contributed by atoms with Crippen molar-refractivity contribution in [2.24, 2.45) is 4.99 Å². The molecule has 0 aromatic rings. The summed E-state index contributed by atoms with van der Waals surface area (Å²) in [5.41, 5.74) is 1.16. The van der Waals surface area contributed by atoms with Crippen molar-refractivity contribution in [3.05, 3.63) is 11.8 Å². The van der Waals surface area contributed by atoms with E-state index in [1.165, 1.54) is 0 Å². The fraction of sp³-hybridized carbons (Fsp3) is 0.286. The third kappa shape index (κ3) is 1.61. The van der Waals surface area contributed by atoms with E-state index in [1.54, 1.807) is 6.21 Å². The number of rotatable bonds is 1. The smallest absolute Gasteiger partial charge is 0.0573 e. The summed E-state index contributed by atoms with van der Waals surface area (Å²) in [6.07, 6.45) is 4.62. The molecule has 0 aliphatic carbocycles. The fourth-order valence-electron chi connectivity index (χ4n) is 0.539. The normalized spacial score (nSPS) is 14.6. The minimum atomic E-state index is 0.986. The van der Waals surface area contributed by atoms with Crippen LogP contribution in [0.15, 0.2) is 16.8 Å². The van der Waals surface area contributed by atoms with Crippen molar-refractivity contribution in [2.75, 3.05) is 0 Å². The molecule has 0 unspecified atom stereocenters. The molecule has 1 heterocycles. The predicted octanol–water partition coefficient (Wildman–Crippen LogP) is 0.873. The van der Waals surface area contributed by atoms with Crippen LogP contribution in [0.4, 0.5) is 0 Å². The summed E-state index contributed by atoms with van der Waals surface area (Å²) in [5.74, 6) is 0. The van der Waals surface area contributed by atoms with Crippen LogP contribution in [0.1, 0.15) is 13.3 Å². The Hall–Kier alpha value is -1.23. The van der Waals surface area contributed by atoms with Crippen LogP contribution in [0.25, 0.3) is 0 Å². The number of aliphatic imine (C=N–C) groups is 1. The van der Waals surface area contributed by atoms with Crippen LogP contribution in [0.3, 0.4) is 0 Å². The molecule has 9 heavy (non-hydrogen) atoms. The van der Waals surface area contributed by atoms with Gasteiger partial charge in [-0.05, 0) is 12.0 Å². The Bertz CT molecular complexity index is 203. The topological polar surface area (TPSA) is 24.4 Å². The Morgan fingerprint density at radius 1 is 1.78 bits per heavy atom. The van der Waals surface area contributed by atoms with Crippen molar-refractivity contribution >= 4 is 6.21 Å². The average molecular weight is 120 g/mol. The van der Waals surface area contributed by atoms with E-state index in [-0.39, 0.29) is 0 Å². The second kappa shape index (κ2) is 2.93. The van der Waals surface area contributed by atoms with Gasteiger partial charge in [0.1, 0.15) is 0 Å². The van der Waals surface area contributed by atoms with Gasteiger partial charge in [-0.25, -0.2) is 4.99 Å². The molecule has 0 amide bonds. The highest BCUT2D eigenvalue weighted by molar-refractivity contribution is 5.79. The lowest BCUT2D eigenvalue weighted by molar-refractivity contribution is 1.13. The van der Waals surface area contributed by atoms with Crippen molar-refractivity contribution < 1.29 is 0 Å². The first-order valence-electron chi connectivity index (χ1n) is 2.91. The summed E-state index contributed by atoms with van der Waals surface area (Å²) in [7, 11) is 0. The molecule has 46 valence electrons. The second-order valence-electron chi connectivity index (χ2n) is 1.71. The molecule has 0 saturated carbocycles. The first-order valence-corrected chi connectivity index (χ1v) is 2.91. The van der Waals surface area contributed by atoms with Gasteiger partial charge in [-0.2, -0.15) is 0 Å². The highest BCUT2D eigenvalue weighted by Gasteiger charge is 1.87. The van der Waals surface area contributed by atoms with E-state index in [0.29, 0.717) is 0 Å². The SMILES string of the molecule is CCC1=CNC#CN=C1. The van der Waals surface area contributed by atoms with Crippen molar-refractivity contribution in [3.8, 4) is 12.1 Å². The molecule has 0 aromatic heterocycles. The summed E-state index contributed by atoms with van der Waals surface area (Å²) in [5, 5.41) is 2.80. The molecule has 0 saturated heterocycles. The quantitative estimate of drug-likeness (QED) is 0.510. The van der Waals surface area contributed by atoms with Gasteiger partial charge in [0.2, 0.25) is 0 Å². The minimum Gasteiger partial charge on any atom is -0.320 e. The molecule has 1 rings (SSSR count). The fourth-order valence-corrected chi connectivity index (χ4v) is 0.539. The summed E-state index contributed by atoms with van der Waals surface area (Å²) in [6, 6.07) is 5.20. The third-order valence-electron chi connectivity index (χ3n) is 1.09. The van der Waals surface area contributed by atoms with Crippen LogP contribution in [-0.2, 0) is 0 Å². The lowest BCUT2D eigenvalue weighted by Gasteiger charge is -1.90. The van der Waals surface area contributed by atoms with Crippen LogP contribution in [0.5, 0.6) is 0 Å². The Kier molecular flexibility index (Phi) is 1.92. The van der Waals surface area contributed by atoms with Crippen LogP contribution >= 0.6 is 0 Å². The van der Waals surface area contributed by atoms with Gasteiger partial charge < -0.3 is 5.32 Å². The third-order valence-corrected chi connectivity index (χ3v) is 1.09. The van der Waals surface area contributed by atoms with Gasteiger partial charge in [-0.1, -0.05) is 6.92 Å². The van der Waals surface area contributed by atoms with Gasteiger partial charge in [-0.15, -0.1) is 0 Å². The van der Waals surface area contributed by atoms with Crippen molar-refractivity contribution in [2.45, 2.75) is 13.3 Å². The molecule has 0 atom stereocenters. The highest BCUT2D eigenvalue weighted by Crippen LogP contribution is 1.94. The molecule has 1 aliphatic heterocycles. The summed E-state index contributed by atoms with van der Waals surface area (Å²) in [4.78, 5) is 3.81. The Morgan fingerprint density at radius 2 is 2.67 bits per heavy atom. The minimum absolute atomic E-state index is 0.986. The first-order chi connectivity index (χ1) is 4.43. The van der Waals surface area contributed by atoms with Crippen LogP contribution in [0.2, 0.25) is 0 Å². The summed E-state index contributed by atoms with van der Waals surface area (Å²) < 4.78 is 0. The first kappa shape index (κ1) is 5.90. The molecule has 2 heteroatoms. The maximum atomic E-state index is 3.81. The molecule has 0 radical (unpaired) electrons. The average Bonchev–Trinajstić information content (AvgIpc) is 2.13. The number of allylic oxidation sites excluding steroid dienone is 1. The summed E-state index contributed by atoms with van der Waals surface area (Å²) >= 11 is 0. The van der Waals surface area contributed by atoms with Gasteiger partial charge in [0, 0.05) is 18.5 Å². The molecule has 1 N–H and O–H groups in total. The number of hydrogen-bond acceptors (Lipinski definition) is 2. The van der Waals surface area contributed by atoms with Crippen LogP contribution < -0.4 is 5.32 Å². The van der Waals surface area contributed by atoms with Crippen LogP contribution in [0, 0.1) is 12.1 Å². The van der Waals surface area contributed by atoms with E-state index in [0.717, 1.165) is 12.0 Å². The van der Waals surface area contributed by atoms with Gasteiger partial charge in [0.05, 0.1) is 6.04 Å². The van der Waals surface area contributed by atoms with Crippen molar-refractivity contribution in [3.63, 3.8) is 0 Å². The number of nitrogens with one attached hydrogen (secondary N) is 1. The van der Waals surface area contributed by atoms with Gasteiger partial charge in [0.15, 0.2) is 0 Å². The van der Waals surface area contributed by atoms with E-state index in [9.17, 15) is 0 Å². The maximum Gasteiger partial charge on any atom is 0.0573 e. The lowest BCUT2D eigenvalue weighted by atomic mass is 10.2. The molecule has 0 spiro atoms. The van der Waals surface area contributed by atoms with Gasteiger partial charge in [0.25, 0.3) is 0 Å². The zero-order valence-electron chi connectivity index (χ0n) is 5.31. The Morgan fingerprint density at radius 3 is 3.44 bits per heavy atom. The van der Waals surface area contributed by atoms with Gasteiger partial charge in [-0.3, -0.25) is 0 Å². The van der Waals surface area contributed by atoms with Crippen LogP contribution in [-0.4, -0.2) is 6.21 Å². The second-order valence-corrected chi connectivity index (χ2v) is 1.71. The zero-order valence-corrected chi connectivity index (χ0v) is 5.31. The molecule has 0 aromatic carbocycles. The van der Waals surface area contributed by atoms with Gasteiger partial charge >= 0.3 is 0 Å². The van der Waals surface area contributed by atoms with Crippen molar-refractivity contribution in [1.29, 1.82) is 0 Å². The van der Waals surface area contributed by atoms with E-state index < -0.39 is 0 Å². The van der Waals surface area contributed by atoms with Crippen molar-refractivity contribution in [1.82, 2.24) is 5.32 Å². The molecule has 2 nitrogen and oxygen atoms in total. The Balaban J connectivity index is 2.67. The molecule has 0 fully saturated rings.